The highest BCUT2D eigenvalue weighted by Crippen LogP contribution is 2.21. The number of nitrogens with two attached hydrogens (primary N) is 1. The van der Waals surface area contributed by atoms with Gasteiger partial charge in [-0.3, -0.25) is 4.79 Å². The Morgan fingerprint density at radius 3 is 2.83 bits per heavy atom. The molecule has 2 rings (SSSR count). The van der Waals surface area contributed by atoms with E-state index in [-0.39, 0.29) is 11.4 Å². The van der Waals surface area contributed by atoms with Crippen molar-refractivity contribution in [3.63, 3.8) is 0 Å². The number of nitrogens with zero attached hydrogens (tertiary/aromatic N) is 3. The molecule has 7 heteroatoms. The van der Waals surface area contributed by atoms with Gasteiger partial charge in [0.05, 0.1) is 18.8 Å². The molecule has 0 bridgehead atoms. The van der Waals surface area contributed by atoms with Crippen molar-refractivity contribution < 1.29 is 9.53 Å². The summed E-state index contributed by atoms with van der Waals surface area (Å²) < 4.78 is 5.38. The molecule has 1 saturated heterocycles. The van der Waals surface area contributed by atoms with Crippen molar-refractivity contribution in [2.24, 2.45) is 5.84 Å². The van der Waals surface area contributed by atoms with E-state index in [9.17, 15) is 4.79 Å². The highest BCUT2D eigenvalue weighted by Gasteiger charge is 2.35. The van der Waals surface area contributed by atoms with E-state index in [1.807, 2.05) is 13.8 Å². The number of morpholine rings is 1. The highest BCUT2D eigenvalue weighted by atomic mass is 16.5. The second kappa shape index (κ2) is 4.87. The van der Waals surface area contributed by atoms with Gasteiger partial charge in [-0.25, -0.2) is 5.84 Å². The maximum atomic E-state index is 12.3. The average Bonchev–Trinajstić information content (AvgIpc) is 2.37. The lowest BCUT2D eigenvalue weighted by Crippen LogP contribution is -2.55. The van der Waals surface area contributed by atoms with Gasteiger partial charge in [-0.05, 0) is 26.0 Å². The maximum Gasteiger partial charge on any atom is 0.274 e. The minimum Gasteiger partial charge on any atom is -0.377 e. The van der Waals surface area contributed by atoms with Crippen molar-refractivity contribution in [2.75, 3.05) is 25.2 Å². The van der Waals surface area contributed by atoms with Crippen molar-refractivity contribution >= 4 is 11.7 Å². The van der Waals surface area contributed by atoms with Gasteiger partial charge >= 0.3 is 0 Å². The monoisotopic (exact) mass is 251 g/mol. The molecular weight excluding hydrogens is 234 g/mol. The van der Waals surface area contributed by atoms with Crippen LogP contribution >= 0.6 is 0 Å². The van der Waals surface area contributed by atoms with E-state index in [0.29, 0.717) is 31.3 Å². The van der Waals surface area contributed by atoms with Crippen molar-refractivity contribution in [1.82, 2.24) is 15.1 Å². The minimum absolute atomic E-state index is 0.139. The molecule has 0 aromatic carbocycles. The van der Waals surface area contributed by atoms with Gasteiger partial charge in [0.15, 0.2) is 11.5 Å². The molecular formula is C11H17N5O2. The lowest BCUT2D eigenvalue weighted by Gasteiger charge is -2.41. The number of nitrogens with one attached hydrogen (secondary N) is 1. The quantitative estimate of drug-likeness (QED) is 0.568. The van der Waals surface area contributed by atoms with E-state index < -0.39 is 0 Å². The van der Waals surface area contributed by atoms with Crippen molar-refractivity contribution in [1.29, 1.82) is 0 Å². The molecule has 0 unspecified atom stereocenters. The Morgan fingerprint density at radius 2 is 2.28 bits per heavy atom. The molecule has 1 fully saturated rings. The zero-order chi connectivity index (χ0) is 13.2. The lowest BCUT2D eigenvalue weighted by atomic mass is 10.0. The Morgan fingerprint density at radius 1 is 1.50 bits per heavy atom. The number of carbonyl (C=O) groups excluding carboxylic acids is 1. The number of hydrazine groups is 1. The van der Waals surface area contributed by atoms with E-state index in [0.717, 1.165) is 0 Å². The van der Waals surface area contributed by atoms with Gasteiger partial charge in [0.25, 0.3) is 5.91 Å². The van der Waals surface area contributed by atoms with E-state index in [4.69, 9.17) is 10.6 Å². The number of amides is 1. The van der Waals surface area contributed by atoms with Gasteiger partial charge in [-0.2, -0.15) is 0 Å². The fourth-order valence-corrected chi connectivity index (χ4v) is 1.90. The van der Waals surface area contributed by atoms with Crippen LogP contribution in [-0.4, -0.2) is 46.3 Å². The molecule has 18 heavy (non-hydrogen) atoms. The average molecular weight is 251 g/mol. The van der Waals surface area contributed by atoms with Crippen LogP contribution in [0.4, 0.5) is 5.82 Å². The van der Waals surface area contributed by atoms with Crippen LogP contribution in [0.2, 0.25) is 0 Å². The first-order valence-corrected chi connectivity index (χ1v) is 5.75. The standard InChI is InChI=1S/C11H17N5O2/c1-11(2)7-18-6-5-16(11)10(17)8-3-4-9(13-12)15-14-8/h3-4H,5-7,12H2,1-2H3,(H,13,15). The van der Waals surface area contributed by atoms with Crippen LogP contribution < -0.4 is 11.3 Å². The van der Waals surface area contributed by atoms with Crippen LogP contribution in [0, 0.1) is 0 Å². The summed E-state index contributed by atoms with van der Waals surface area (Å²) in [6.07, 6.45) is 0. The number of nitrogen functional groups attached to an aromatic ring is 1. The SMILES string of the molecule is CC1(C)COCCN1C(=O)c1ccc(NN)nn1. The van der Waals surface area contributed by atoms with Crippen molar-refractivity contribution in [3.05, 3.63) is 17.8 Å². The number of carbonyl (C=O) groups is 1. The number of hydrogen-bond donors (Lipinski definition) is 2. The molecule has 0 saturated carbocycles. The van der Waals surface area contributed by atoms with E-state index >= 15 is 0 Å². The first-order chi connectivity index (χ1) is 8.54. The fourth-order valence-electron chi connectivity index (χ4n) is 1.90. The largest absolute Gasteiger partial charge is 0.377 e. The lowest BCUT2D eigenvalue weighted by molar-refractivity contribution is -0.0373. The van der Waals surface area contributed by atoms with Crippen molar-refractivity contribution in [2.45, 2.75) is 19.4 Å². The Kier molecular flexibility index (Phi) is 3.44. The molecule has 1 aliphatic heterocycles. The van der Waals surface area contributed by atoms with Gasteiger partial charge in [-0.15, -0.1) is 10.2 Å². The molecule has 0 aliphatic carbocycles. The Labute approximate surface area is 105 Å². The highest BCUT2D eigenvalue weighted by molar-refractivity contribution is 5.92. The Balaban J connectivity index is 2.19. The summed E-state index contributed by atoms with van der Waals surface area (Å²) in [5.74, 6) is 5.48. The normalized spacial score (nSPS) is 18.5. The first kappa shape index (κ1) is 12.7. The fraction of sp³-hybridized carbons (Fsp3) is 0.545. The van der Waals surface area contributed by atoms with Gasteiger partial charge in [0, 0.05) is 6.54 Å². The molecule has 98 valence electrons. The predicted octanol–water partition coefficient (Wildman–Crippen LogP) is 0.0132. The van der Waals surface area contributed by atoms with Crippen LogP contribution in [0.1, 0.15) is 24.3 Å². The van der Waals surface area contributed by atoms with Crippen LogP contribution in [0.25, 0.3) is 0 Å². The van der Waals surface area contributed by atoms with Gasteiger partial charge in [0.1, 0.15) is 0 Å². The molecule has 0 radical (unpaired) electrons. The summed E-state index contributed by atoms with van der Waals surface area (Å²) in [6, 6.07) is 3.23. The smallest absolute Gasteiger partial charge is 0.274 e. The van der Waals surface area contributed by atoms with Gasteiger partial charge in [-0.1, -0.05) is 0 Å². The van der Waals surface area contributed by atoms with Crippen LogP contribution in [0.5, 0.6) is 0 Å². The van der Waals surface area contributed by atoms with Crippen LogP contribution in [-0.2, 0) is 4.74 Å². The van der Waals surface area contributed by atoms with Crippen LogP contribution in [0.3, 0.4) is 0 Å². The molecule has 0 spiro atoms. The van der Waals surface area contributed by atoms with Gasteiger partial charge in [0.2, 0.25) is 0 Å². The topological polar surface area (TPSA) is 93.4 Å². The number of anilines is 1. The maximum absolute atomic E-state index is 12.3. The third kappa shape index (κ3) is 2.41. The molecule has 1 amide bonds. The zero-order valence-electron chi connectivity index (χ0n) is 10.5. The minimum atomic E-state index is -0.332. The van der Waals surface area contributed by atoms with E-state index in [1.165, 1.54) is 0 Å². The molecule has 1 aliphatic rings. The number of ether oxygens (including phenoxy) is 1. The first-order valence-electron chi connectivity index (χ1n) is 5.75. The Bertz CT molecular complexity index is 432. The van der Waals surface area contributed by atoms with E-state index in [2.05, 4.69) is 15.6 Å². The zero-order valence-corrected chi connectivity index (χ0v) is 10.5. The summed E-state index contributed by atoms with van der Waals surface area (Å²) in [4.78, 5) is 14.1. The summed E-state index contributed by atoms with van der Waals surface area (Å²) in [5.41, 5.74) is 2.35. The van der Waals surface area contributed by atoms with Crippen molar-refractivity contribution in [3.8, 4) is 0 Å². The van der Waals surface area contributed by atoms with Crippen LogP contribution in [0.15, 0.2) is 12.1 Å². The van der Waals surface area contributed by atoms with E-state index in [1.54, 1.807) is 17.0 Å². The molecule has 1 aromatic heterocycles. The summed E-state index contributed by atoms with van der Waals surface area (Å²) in [6.45, 7) is 5.56. The second-order valence-corrected chi connectivity index (χ2v) is 4.77. The molecule has 0 atom stereocenters. The number of rotatable bonds is 2. The summed E-state index contributed by atoms with van der Waals surface area (Å²) in [7, 11) is 0. The molecule has 2 heterocycles. The third-order valence-electron chi connectivity index (χ3n) is 2.92. The Hall–Kier alpha value is -1.73. The predicted molar refractivity (Wildman–Crippen MR) is 65.8 cm³/mol. The third-order valence-corrected chi connectivity index (χ3v) is 2.92. The summed E-state index contributed by atoms with van der Waals surface area (Å²) in [5, 5.41) is 7.66. The molecule has 3 N–H and O–H groups in total. The molecule has 7 nitrogen and oxygen atoms in total. The second-order valence-electron chi connectivity index (χ2n) is 4.77. The summed E-state index contributed by atoms with van der Waals surface area (Å²) >= 11 is 0. The number of aromatic nitrogens is 2. The van der Waals surface area contributed by atoms with Gasteiger partial charge < -0.3 is 15.1 Å². The number of hydrogen-bond acceptors (Lipinski definition) is 6. The molecule has 1 aromatic rings.